The predicted molar refractivity (Wildman–Crippen MR) is 100 cm³/mol. The Morgan fingerprint density at radius 3 is 3.07 bits per heavy atom. The zero-order chi connectivity index (χ0) is 20.1. The summed E-state index contributed by atoms with van der Waals surface area (Å²) < 4.78 is 31.1. The fraction of sp³-hybridized carbons (Fsp3) is 0.421. The van der Waals surface area contributed by atoms with E-state index in [0.29, 0.717) is 18.9 Å². The number of carbonyl (C=O) groups excluding carboxylic acids is 1. The monoisotopic (exact) mass is 390 g/mol. The first-order valence-electron chi connectivity index (χ1n) is 9.00. The molecule has 8 nitrogen and oxygen atoms in total. The zero-order valence-electron chi connectivity index (χ0n) is 15.9. The minimum atomic E-state index is -0.716. The van der Waals surface area contributed by atoms with Crippen LogP contribution < -0.4 is 10.1 Å². The molecule has 1 N–H and O–H groups in total. The van der Waals surface area contributed by atoms with E-state index in [1.165, 1.54) is 19.2 Å². The molecule has 150 valence electrons. The molecular formula is C19H23FN4O4. The van der Waals surface area contributed by atoms with Gasteiger partial charge in [-0.15, -0.1) is 6.58 Å². The van der Waals surface area contributed by atoms with Gasteiger partial charge < -0.3 is 19.5 Å². The van der Waals surface area contributed by atoms with Crippen LogP contribution in [0.3, 0.4) is 0 Å². The maximum Gasteiger partial charge on any atom is 0.343 e. The highest BCUT2D eigenvalue weighted by molar-refractivity contribution is 5.95. The number of ether oxygens (including phenoxy) is 3. The summed E-state index contributed by atoms with van der Waals surface area (Å²) in [6.45, 7) is 6.94. The summed E-state index contributed by atoms with van der Waals surface area (Å²) in [4.78, 5) is 16.0. The molecule has 3 rings (SSSR count). The average Bonchev–Trinajstić information content (AvgIpc) is 3.11. The SMILES string of the molecule is C=C[C@H]1CCOCC1n1cc(C(=O)OCC)c(Nc2cc(F)nc(OC)c2)n1. The van der Waals surface area contributed by atoms with Gasteiger partial charge in [-0.2, -0.15) is 14.5 Å². The topological polar surface area (TPSA) is 87.5 Å². The van der Waals surface area contributed by atoms with Gasteiger partial charge in [0.25, 0.3) is 0 Å². The van der Waals surface area contributed by atoms with Crippen molar-refractivity contribution in [3.8, 4) is 5.88 Å². The van der Waals surface area contributed by atoms with Crippen molar-refractivity contribution < 1.29 is 23.4 Å². The lowest BCUT2D eigenvalue weighted by molar-refractivity contribution is 0.0320. The largest absolute Gasteiger partial charge is 0.481 e. The number of aromatic nitrogens is 3. The number of nitrogens with zero attached hydrogens (tertiary/aromatic N) is 3. The second-order valence-electron chi connectivity index (χ2n) is 6.27. The number of allylic oxidation sites excluding steroid dienone is 1. The number of anilines is 2. The number of hydrogen-bond donors (Lipinski definition) is 1. The maximum atomic E-state index is 13.7. The standard InChI is InChI=1S/C19H23FN4O4/c1-4-12-6-7-27-11-15(12)24-10-14(19(25)28-5-2)18(23-24)21-13-8-16(20)22-17(9-13)26-3/h4,8-10,12,15H,1,5-7,11H2,2-3H3,(H,21,22,23)/t12-,15?/m0/s1. The van der Waals surface area contributed by atoms with Crippen molar-refractivity contribution in [1.82, 2.24) is 14.8 Å². The van der Waals surface area contributed by atoms with E-state index in [-0.39, 0.29) is 35.8 Å². The minimum absolute atomic E-state index is 0.0984. The number of hydrogen-bond acceptors (Lipinski definition) is 7. The Kier molecular flexibility index (Phi) is 6.25. The Hall–Kier alpha value is -2.94. The lowest BCUT2D eigenvalue weighted by atomic mass is 9.95. The van der Waals surface area contributed by atoms with Crippen molar-refractivity contribution in [1.29, 1.82) is 0 Å². The summed E-state index contributed by atoms with van der Waals surface area (Å²) in [5.74, 6) is -0.725. The molecule has 0 amide bonds. The molecule has 2 atom stereocenters. The van der Waals surface area contributed by atoms with Crippen LogP contribution in [0.2, 0.25) is 0 Å². The van der Waals surface area contributed by atoms with Crippen molar-refractivity contribution in [2.24, 2.45) is 5.92 Å². The summed E-state index contributed by atoms with van der Waals surface area (Å²) in [6.07, 6.45) is 4.30. The van der Waals surface area contributed by atoms with Crippen molar-refractivity contribution in [2.75, 3.05) is 32.2 Å². The molecule has 2 aromatic rings. The van der Waals surface area contributed by atoms with Gasteiger partial charge >= 0.3 is 5.97 Å². The minimum Gasteiger partial charge on any atom is -0.481 e. The molecule has 1 aliphatic heterocycles. The Balaban J connectivity index is 1.96. The number of pyridine rings is 1. The van der Waals surface area contributed by atoms with Crippen LogP contribution in [0.4, 0.5) is 15.9 Å². The lowest BCUT2D eigenvalue weighted by Crippen LogP contribution is -2.29. The zero-order valence-corrected chi connectivity index (χ0v) is 15.9. The number of rotatable bonds is 7. The van der Waals surface area contributed by atoms with Crippen molar-refractivity contribution in [3.05, 3.63) is 42.5 Å². The second kappa shape index (κ2) is 8.83. The molecule has 0 saturated carbocycles. The predicted octanol–water partition coefficient (Wildman–Crippen LogP) is 3.11. The van der Waals surface area contributed by atoms with Gasteiger partial charge in [-0.05, 0) is 13.3 Å². The van der Waals surface area contributed by atoms with Gasteiger partial charge in [0.2, 0.25) is 11.8 Å². The van der Waals surface area contributed by atoms with Crippen LogP contribution in [-0.4, -0.2) is 47.7 Å². The first kappa shape index (κ1) is 19.8. The van der Waals surface area contributed by atoms with Gasteiger partial charge in [-0.1, -0.05) is 6.08 Å². The molecule has 2 aromatic heterocycles. The Labute approximate surface area is 162 Å². The van der Waals surface area contributed by atoms with Gasteiger partial charge in [-0.3, -0.25) is 4.68 Å². The first-order valence-corrected chi connectivity index (χ1v) is 9.00. The van der Waals surface area contributed by atoms with Crippen LogP contribution in [0.25, 0.3) is 0 Å². The van der Waals surface area contributed by atoms with E-state index in [0.717, 1.165) is 6.42 Å². The summed E-state index contributed by atoms with van der Waals surface area (Å²) in [5.41, 5.74) is 0.590. The molecule has 0 aromatic carbocycles. The maximum absolute atomic E-state index is 13.7. The third-order valence-electron chi connectivity index (χ3n) is 4.49. The van der Waals surface area contributed by atoms with Crippen LogP contribution >= 0.6 is 0 Å². The van der Waals surface area contributed by atoms with Gasteiger partial charge in [-0.25, -0.2) is 4.79 Å². The molecule has 0 bridgehead atoms. The van der Waals surface area contributed by atoms with E-state index in [1.54, 1.807) is 17.8 Å². The third-order valence-corrected chi connectivity index (χ3v) is 4.49. The fourth-order valence-electron chi connectivity index (χ4n) is 3.09. The van der Waals surface area contributed by atoms with Crippen molar-refractivity contribution in [2.45, 2.75) is 19.4 Å². The van der Waals surface area contributed by atoms with Crippen LogP contribution in [-0.2, 0) is 9.47 Å². The summed E-state index contributed by atoms with van der Waals surface area (Å²) in [5, 5.41) is 7.47. The van der Waals surface area contributed by atoms with Gasteiger partial charge in [0.1, 0.15) is 5.56 Å². The molecule has 1 unspecified atom stereocenters. The van der Waals surface area contributed by atoms with E-state index >= 15 is 0 Å². The third kappa shape index (κ3) is 4.30. The molecule has 0 aliphatic carbocycles. The molecule has 0 radical (unpaired) electrons. The molecule has 1 fully saturated rings. The van der Waals surface area contributed by atoms with E-state index in [9.17, 15) is 9.18 Å². The van der Waals surface area contributed by atoms with E-state index in [1.807, 2.05) is 6.08 Å². The summed E-state index contributed by atoms with van der Waals surface area (Å²) in [7, 11) is 1.39. The van der Waals surface area contributed by atoms with Gasteiger partial charge in [0.15, 0.2) is 5.82 Å². The van der Waals surface area contributed by atoms with Crippen molar-refractivity contribution in [3.63, 3.8) is 0 Å². The molecule has 0 spiro atoms. The smallest absolute Gasteiger partial charge is 0.343 e. The number of methoxy groups -OCH3 is 1. The molecule has 1 saturated heterocycles. The highest BCUT2D eigenvalue weighted by Gasteiger charge is 2.28. The Morgan fingerprint density at radius 2 is 2.36 bits per heavy atom. The average molecular weight is 390 g/mol. The lowest BCUT2D eigenvalue weighted by Gasteiger charge is -2.29. The van der Waals surface area contributed by atoms with Crippen LogP contribution in [0.15, 0.2) is 31.0 Å². The second-order valence-corrected chi connectivity index (χ2v) is 6.27. The number of nitrogens with one attached hydrogen (secondary N) is 1. The van der Waals surface area contributed by atoms with Crippen molar-refractivity contribution >= 4 is 17.5 Å². The van der Waals surface area contributed by atoms with Crippen LogP contribution in [0.5, 0.6) is 5.88 Å². The highest BCUT2D eigenvalue weighted by Crippen LogP contribution is 2.30. The molecule has 28 heavy (non-hydrogen) atoms. The normalized spacial score (nSPS) is 19.1. The fourth-order valence-corrected chi connectivity index (χ4v) is 3.09. The van der Waals surface area contributed by atoms with Gasteiger partial charge in [0.05, 0.1) is 26.4 Å². The van der Waals surface area contributed by atoms with E-state index in [2.05, 4.69) is 22.0 Å². The molecule has 3 heterocycles. The molecular weight excluding hydrogens is 367 g/mol. The number of esters is 1. The summed E-state index contributed by atoms with van der Waals surface area (Å²) in [6, 6.07) is 2.60. The van der Waals surface area contributed by atoms with E-state index < -0.39 is 11.9 Å². The Morgan fingerprint density at radius 1 is 1.54 bits per heavy atom. The van der Waals surface area contributed by atoms with Gasteiger partial charge in [0, 0.05) is 36.5 Å². The Bertz CT molecular complexity index is 854. The van der Waals surface area contributed by atoms with E-state index in [4.69, 9.17) is 14.2 Å². The van der Waals surface area contributed by atoms with Crippen LogP contribution in [0.1, 0.15) is 29.7 Å². The molecule has 1 aliphatic rings. The number of halogens is 1. The molecule has 9 heteroatoms. The quantitative estimate of drug-likeness (QED) is 0.441. The summed E-state index contributed by atoms with van der Waals surface area (Å²) >= 11 is 0. The van der Waals surface area contributed by atoms with Crippen LogP contribution in [0, 0.1) is 11.9 Å². The highest BCUT2D eigenvalue weighted by atomic mass is 19.1. The number of carbonyl (C=O) groups is 1. The first-order chi connectivity index (χ1) is 13.5.